The first-order valence-corrected chi connectivity index (χ1v) is 11.6. The summed E-state index contributed by atoms with van der Waals surface area (Å²) in [5, 5.41) is 0.971. The number of aromatic nitrogens is 2. The zero-order valence-electron chi connectivity index (χ0n) is 17.8. The lowest BCUT2D eigenvalue weighted by Crippen LogP contribution is -2.51. The number of carbonyl (C=O) groups is 2. The number of fused-ring (bicyclic) bond motifs is 1. The molecule has 0 N–H and O–H groups in total. The van der Waals surface area contributed by atoms with Crippen LogP contribution in [0.5, 0.6) is 0 Å². The number of para-hydroxylation sites is 1. The molecule has 7 nitrogen and oxygen atoms in total. The average molecular weight is 471 g/mol. The molecule has 4 rings (SSSR count). The maximum atomic E-state index is 13.3. The fourth-order valence-electron chi connectivity index (χ4n) is 3.74. The molecule has 1 aromatic heterocycles. The smallest absolute Gasteiger partial charge is 0.266 e. The molecule has 1 saturated heterocycles. The van der Waals surface area contributed by atoms with Crippen LogP contribution < -0.4 is 5.56 Å². The van der Waals surface area contributed by atoms with Crippen molar-refractivity contribution in [1.29, 1.82) is 0 Å². The summed E-state index contributed by atoms with van der Waals surface area (Å²) in [6.07, 6.45) is 0. The fraction of sp³-hybridized carbons (Fsp3) is 0.304. The Labute approximate surface area is 195 Å². The summed E-state index contributed by atoms with van der Waals surface area (Å²) in [6, 6.07) is 14.2. The molecule has 0 bridgehead atoms. The van der Waals surface area contributed by atoms with Gasteiger partial charge in [0, 0.05) is 38.1 Å². The van der Waals surface area contributed by atoms with Gasteiger partial charge < -0.3 is 9.80 Å². The van der Waals surface area contributed by atoms with Gasteiger partial charge in [0.25, 0.3) is 5.56 Å². The fourth-order valence-corrected chi connectivity index (χ4v) is 4.94. The second-order valence-electron chi connectivity index (χ2n) is 7.62. The molecule has 9 heteroatoms. The number of nitrogens with zero attached hydrogens (tertiary/aromatic N) is 4. The lowest BCUT2D eigenvalue weighted by atomic mass is 10.2. The second kappa shape index (κ2) is 9.34. The Hall–Kier alpha value is -2.84. The molecule has 0 spiro atoms. The van der Waals surface area contributed by atoms with Gasteiger partial charge in [0.15, 0.2) is 5.16 Å². The third-order valence-corrected chi connectivity index (χ3v) is 6.75. The zero-order chi connectivity index (χ0) is 22.8. The van der Waals surface area contributed by atoms with E-state index < -0.39 is 5.25 Å². The Bertz CT molecular complexity index is 1240. The number of piperazine rings is 1. The Balaban J connectivity index is 1.66. The highest BCUT2D eigenvalue weighted by molar-refractivity contribution is 8.00. The van der Waals surface area contributed by atoms with Crippen molar-refractivity contribution in [3.63, 3.8) is 0 Å². The minimum absolute atomic E-state index is 0.0189. The number of halogens is 1. The molecule has 1 aliphatic rings. The van der Waals surface area contributed by atoms with Crippen LogP contribution in [0, 0.1) is 0 Å². The van der Waals surface area contributed by atoms with Crippen molar-refractivity contribution in [1.82, 2.24) is 19.4 Å². The molecule has 1 aliphatic heterocycles. The molecule has 0 saturated carbocycles. The molecular weight excluding hydrogens is 448 g/mol. The Kier molecular flexibility index (Phi) is 6.53. The molecule has 0 aliphatic carbocycles. The number of thioether (sulfide) groups is 1. The van der Waals surface area contributed by atoms with Crippen molar-refractivity contribution in [2.75, 3.05) is 26.2 Å². The van der Waals surface area contributed by atoms with Crippen LogP contribution in [0.2, 0.25) is 5.02 Å². The van der Waals surface area contributed by atoms with Crippen molar-refractivity contribution in [3.8, 4) is 5.69 Å². The number of rotatable bonds is 4. The summed E-state index contributed by atoms with van der Waals surface area (Å²) in [6.45, 7) is 5.40. The van der Waals surface area contributed by atoms with E-state index in [1.54, 1.807) is 52.3 Å². The first-order valence-electron chi connectivity index (χ1n) is 10.3. The van der Waals surface area contributed by atoms with Crippen molar-refractivity contribution >= 4 is 46.1 Å². The van der Waals surface area contributed by atoms with Gasteiger partial charge in [-0.1, -0.05) is 41.6 Å². The van der Waals surface area contributed by atoms with Gasteiger partial charge in [-0.3, -0.25) is 19.0 Å². The molecule has 1 atom stereocenters. The van der Waals surface area contributed by atoms with E-state index in [1.807, 2.05) is 13.0 Å². The van der Waals surface area contributed by atoms with Crippen LogP contribution in [0.4, 0.5) is 0 Å². The minimum Gasteiger partial charge on any atom is -0.339 e. The predicted octanol–water partition coefficient (Wildman–Crippen LogP) is 3.21. The van der Waals surface area contributed by atoms with E-state index in [-0.39, 0.29) is 17.4 Å². The third kappa shape index (κ3) is 4.52. The molecular formula is C23H23ClN4O3S. The van der Waals surface area contributed by atoms with Crippen LogP contribution in [0.1, 0.15) is 13.8 Å². The topological polar surface area (TPSA) is 75.5 Å². The van der Waals surface area contributed by atoms with E-state index in [1.165, 1.54) is 23.3 Å². The molecule has 0 radical (unpaired) electrons. The van der Waals surface area contributed by atoms with Crippen LogP contribution in [0.25, 0.3) is 16.6 Å². The van der Waals surface area contributed by atoms with Gasteiger partial charge in [-0.2, -0.15) is 0 Å². The third-order valence-electron chi connectivity index (χ3n) is 5.48. The highest BCUT2D eigenvalue weighted by Crippen LogP contribution is 2.27. The minimum atomic E-state index is -0.461. The molecule has 166 valence electrons. The maximum absolute atomic E-state index is 13.3. The van der Waals surface area contributed by atoms with E-state index in [9.17, 15) is 14.4 Å². The lowest BCUT2D eigenvalue weighted by Gasteiger charge is -2.35. The molecule has 1 unspecified atom stereocenters. The van der Waals surface area contributed by atoms with Gasteiger partial charge in [-0.15, -0.1) is 0 Å². The summed E-state index contributed by atoms with van der Waals surface area (Å²) in [7, 11) is 0. The number of hydrogen-bond acceptors (Lipinski definition) is 5. The van der Waals surface area contributed by atoms with Crippen molar-refractivity contribution < 1.29 is 9.59 Å². The summed E-state index contributed by atoms with van der Waals surface area (Å²) in [4.78, 5) is 46.2. The van der Waals surface area contributed by atoms with E-state index in [2.05, 4.69) is 0 Å². The van der Waals surface area contributed by atoms with Gasteiger partial charge in [0.2, 0.25) is 11.8 Å². The van der Waals surface area contributed by atoms with Crippen LogP contribution in [-0.2, 0) is 9.59 Å². The van der Waals surface area contributed by atoms with Crippen LogP contribution in [-0.4, -0.2) is 62.6 Å². The van der Waals surface area contributed by atoms with E-state index in [0.29, 0.717) is 52.9 Å². The number of benzene rings is 2. The van der Waals surface area contributed by atoms with Crippen molar-refractivity contribution in [3.05, 3.63) is 63.9 Å². The average Bonchev–Trinajstić information content (AvgIpc) is 2.79. The summed E-state index contributed by atoms with van der Waals surface area (Å²) >= 11 is 7.42. The molecule has 2 heterocycles. The number of carbonyl (C=O) groups excluding carboxylic acids is 2. The van der Waals surface area contributed by atoms with Gasteiger partial charge in [0.1, 0.15) is 0 Å². The standard InChI is InChI=1S/C23H23ClN4O3S/c1-15(21(30)27-12-10-26(11-13-27)16(2)29)32-23-25-20-9-4-3-8-19(20)22(31)28(23)18-7-5-6-17(24)14-18/h3-9,14-15H,10-13H2,1-2H3. The predicted molar refractivity (Wildman–Crippen MR) is 127 cm³/mol. The molecule has 3 aromatic rings. The summed E-state index contributed by atoms with van der Waals surface area (Å²) in [5.41, 5.74) is 0.959. The first-order chi connectivity index (χ1) is 15.3. The van der Waals surface area contributed by atoms with Crippen LogP contribution in [0.15, 0.2) is 58.5 Å². The van der Waals surface area contributed by atoms with Gasteiger partial charge >= 0.3 is 0 Å². The highest BCUT2D eigenvalue weighted by Gasteiger charge is 2.28. The van der Waals surface area contributed by atoms with E-state index in [4.69, 9.17) is 16.6 Å². The Morgan fingerprint density at radius 1 is 1.03 bits per heavy atom. The van der Waals surface area contributed by atoms with Gasteiger partial charge in [0.05, 0.1) is 21.8 Å². The normalized spacial score (nSPS) is 15.1. The second-order valence-corrected chi connectivity index (χ2v) is 9.37. The van der Waals surface area contributed by atoms with Crippen LogP contribution in [0.3, 0.4) is 0 Å². The molecule has 2 amide bonds. The lowest BCUT2D eigenvalue weighted by molar-refractivity contribution is -0.137. The van der Waals surface area contributed by atoms with E-state index >= 15 is 0 Å². The summed E-state index contributed by atoms with van der Waals surface area (Å²) < 4.78 is 1.51. The Morgan fingerprint density at radius 2 is 1.72 bits per heavy atom. The van der Waals surface area contributed by atoms with Gasteiger partial charge in [-0.25, -0.2) is 4.98 Å². The number of hydrogen-bond donors (Lipinski definition) is 0. The quantitative estimate of drug-likeness (QED) is 0.432. The van der Waals surface area contributed by atoms with E-state index in [0.717, 1.165) is 0 Å². The maximum Gasteiger partial charge on any atom is 0.266 e. The first kappa shape index (κ1) is 22.4. The molecule has 32 heavy (non-hydrogen) atoms. The van der Waals surface area contributed by atoms with Crippen LogP contribution >= 0.6 is 23.4 Å². The van der Waals surface area contributed by atoms with Crippen molar-refractivity contribution in [2.24, 2.45) is 0 Å². The van der Waals surface area contributed by atoms with Crippen molar-refractivity contribution in [2.45, 2.75) is 24.3 Å². The van der Waals surface area contributed by atoms with Gasteiger partial charge in [-0.05, 0) is 37.3 Å². The zero-order valence-corrected chi connectivity index (χ0v) is 19.4. The molecule has 2 aromatic carbocycles. The summed E-state index contributed by atoms with van der Waals surface area (Å²) in [5.74, 6) is -0.0244. The highest BCUT2D eigenvalue weighted by atomic mass is 35.5. The SMILES string of the molecule is CC(=O)N1CCN(C(=O)C(C)Sc2nc3ccccc3c(=O)n2-c2cccc(Cl)c2)CC1. The largest absolute Gasteiger partial charge is 0.339 e. The Morgan fingerprint density at radius 3 is 2.41 bits per heavy atom. The molecule has 1 fully saturated rings. The number of amides is 2. The monoisotopic (exact) mass is 470 g/mol.